The molecule has 5 heteroatoms. The van der Waals surface area contributed by atoms with Crippen LogP contribution >= 0.6 is 0 Å². The Morgan fingerprint density at radius 2 is 1.64 bits per heavy atom. The lowest BCUT2D eigenvalue weighted by molar-refractivity contribution is -0.118. The molecule has 0 fully saturated rings. The van der Waals surface area contributed by atoms with Crippen LogP contribution in [0.1, 0.15) is 24.2 Å². The summed E-state index contributed by atoms with van der Waals surface area (Å²) in [4.78, 5) is 26.5. The van der Waals surface area contributed by atoms with Gasteiger partial charge in [0, 0.05) is 29.7 Å². The highest BCUT2D eigenvalue weighted by Crippen LogP contribution is 2.25. The molecule has 0 aliphatic carbocycles. The van der Waals surface area contributed by atoms with Gasteiger partial charge in [0.05, 0.1) is 0 Å². The largest absolute Gasteiger partial charge is 0.483 e. The average Bonchev–Trinajstić information content (AvgIpc) is 2.73. The van der Waals surface area contributed by atoms with Crippen LogP contribution < -0.4 is 10.1 Å². The molecule has 3 aromatic carbocycles. The van der Waals surface area contributed by atoms with Crippen LogP contribution in [-0.4, -0.2) is 36.4 Å². The third kappa shape index (κ3) is 4.49. The number of amides is 2. The molecule has 0 aliphatic heterocycles. The Labute approximate surface area is 164 Å². The first kappa shape index (κ1) is 19.4. The molecule has 0 spiro atoms. The second-order valence-corrected chi connectivity index (χ2v) is 6.37. The number of carbonyl (C=O) groups is 2. The molecule has 0 unspecified atom stereocenters. The van der Waals surface area contributed by atoms with Crippen molar-refractivity contribution >= 4 is 28.3 Å². The molecular weight excluding hydrogens is 352 g/mol. The van der Waals surface area contributed by atoms with E-state index in [1.165, 1.54) is 0 Å². The summed E-state index contributed by atoms with van der Waals surface area (Å²) in [6.45, 7) is 5.06. The van der Waals surface area contributed by atoms with Gasteiger partial charge in [-0.3, -0.25) is 9.59 Å². The number of nitrogens with zero attached hydrogens (tertiary/aromatic N) is 1. The lowest BCUT2D eigenvalue weighted by Crippen LogP contribution is -2.30. The van der Waals surface area contributed by atoms with Gasteiger partial charge in [0.25, 0.3) is 11.8 Å². The fraction of sp³-hybridized carbons (Fsp3) is 0.217. The summed E-state index contributed by atoms with van der Waals surface area (Å²) in [6, 6.07) is 20.6. The van der Waals surface area contributed by atoms with E-state index in [1.54, 1.807) is 29.2 Å². The van der Waals surface area contributed by atoms with Gasteiger partial charge in [-0.25, -0.2) is 0 Å². The Hall–Kier alpha value is -3.34. The molecule has 3 aromatic rings. The Morgan fingerprint density at radius 3 is 2.43 bits per heavy atom. The van der Waals surface area contributed by atoms with Crippen LogP contribution in [0.5, 0.6) is 5.75 Å². The highest BCUT2D eigenvalue weighted by atomic mass is 16.5. The van der Waals surface area contributed by atoms with Gasteiger partial charge in [-0.05, 0) is 43.5 Å². The summed E-state index contributed by atoms with van der Waals surface area (Å²) in [6.07, 6.45) is 0. The molecule has 0 bridgehead atoms. The van der Waals surface area contributed by atoms with Gasteiger partial charge in [-0.1, -0.05) is 42.5 Å². The van der Waals surface area contributed by atoms with Crippen LogP contribution in [-0.2, 0) is 4.79 Å². The summed E-state index contributed by atoms with van der Waals surface area (Å²) in [5.74, 6) is 0.340. The number of fused-ring (bicyclic) bond motifs is 1. The summed E-state index contributed by atoms with van der Waals surface area (Å²) in [5, 5.41) is 4.82. The van der Waals surface area contributed by atoms with Crippen LogP contribution in [0.3, 0.4) is 0 Å². The molecule has 1 N–H and O–H groups in total. The van der Waals surface area contributed by atoms with E-state index in [1.807, 2.05) is 56.3 Å². The van der Waals surface area contributed by atoms with E-state index in [-0.39, 0.29) is 18.4 Å². The minimum Gasteiger partial charge on any atom is -0.483 e. The van der Waals surface area contributed by atoms with Crippen molar-refractivity contribution in [2.45, 2.75) is 13.8 Å². The average molecular weight is 376 g/mol. The minimum atomic E-state index is -0.277. The Morgan fingerprint density at radius 1 is 0.929 bits per heavy atom. The van der Waals surface area contributed by atoms with Crippen molar-refractivity contribution in [2.75, 3.05) is 25.0 Å². The molecule has 5 nitrogen and oxygen atoms in total. The standard InChI is InChI=1S/C23H24N2O3/c1-3-25(4-2)23(27)18-11-7-12-19(15-18)24-22(26)16-28-21-14-8-10-17-9-5-6-13-20(17)21/h5-15H,3-4,16H2,1-2H3,(H,24,26). The van der Waals surface area contributed by atoms with E-state index in [4.69, 9.17) is 4.74 Å². The number of ether oxygens (including phenoxy) is 1. The van der Waals surface area contributed by atoms with Gasteiger partial charge < -0.3 is 15.0 Å². The summed E-state index contributed by atoms with van der Waals surface area (Å²) >= 11 is 0. The smallest absolute Gasteiger partial charge is 0.262 e. The molecule has 3 rings (SSSR count). The summed E-state index contributed by atoms with van der Waals surface area (Å²) < 4.78 is 5.72. The van der Waals surface area contributed by atoms with Crippen molar-refractivity contribution in [3.8, 4) is 5.75 Å². The SMILES string of the molecule is CCN(CC)C(=O)c1cccc(NC(=O)COc2cccc3ccccc23)c1. The monoisotopic (exact) mass is 376 g/mol. The topological polar surface area (TPSA) is 58.6 Å². The number of benzene rings is 3. The van der Waals surface area contributed by atoms with Gasteiger partial charge >= 0.3 is 0 Å². The van der Waals surface area contributed by atoms with Crippen LogP contribution in [0.25, 0.3) is 10.8 Å². The molecule has 2 amide bonds. The molecule has 0 aromatic heterocycles. The zero-order valence-electron chi connectivity index (χ0n) is 16.1. The Balaban J connectivity index is 1.65. The third-order valence-electron chi connectivity index (χ3n) is 4.55. The molecule has 144 valence electrons. The summed E-state index contributed by atoms with van der Waals surface area (Å²) in [5.41, 5.74) is 1.13. The number of nitrogens with one attached hydrogen (secondary N) is 1. The molecule has 0 saturated carbocycles. The lowest BCUT2D eigenvalue weighted by atomic mass is 10.1. The van der Waals surface area contributed by atoms with Gasteiger partial charge in [0.2, 0.25) is 0 Å². The first-order valence-electron chi connectivity index (χ1n) is 9.42. The molecule has 0 radical (unpaired) electrons. The minimum absolute atomic E-state index is 0.0481. The highest BCUT2D eigenvalue weighted by molar-refractivity contribution is 5.97. The normalized spacial score (nSPS) is 10.5. The molecular formula is C23H24N2O3. The zero-order valence-corrected chi connectivity index (χ0v) is 16.1. The second-order valence-electron chi connectivity index (χ2n) is 6.37. The predicted molar refractivity (Wildman–Crippen MR) is 112 cm³/mol. The van der Waals surface area contributed by atoms with E-state index in [0.29, 0.717) is 30.1 Å². The van der Waals surface area contributed by atoms with E-state index >= 15 is 0 Å². The summed E-state index contributed by atoms with van der Waals surface area (Å²) in [7, 11) is 0. The number of rotatable bonds is 7. The number of hydrogen-bond donors (Lipinski definition) is 1. The van der Waals surface area contributed by atoms with Crippen molar-refractivity contribution in [2.24, 2.45) is 0 Å². The van der Waals surface area contributed by atoms with E-state index < -0.39 is 0 Å². The van der Waals surface area contributed by atoms with Crippen molar-refractivity contribution in [3.63, 3.8) is 0 Å². The van der Waals surface area contributed by atoms with Gasteiger partial charge in [-0.2, -0.15) is 0 Å². The molecule has 0 heterocycles. The molecule has 0 saturated heterocycles. The molecule has 28 heavy (non-hydrogen) atoms. The molecule has 0 aliphatic rings. The van der Waals surface area contributed by atoms with E-state index in [9.17, 15) is 9.59 Å². The first-order valence-corrected chi connectivity index (χ1v) is 9.42. The predicted octanol–water partition coefficient (Wildman–Crippen LogP) is 4.34. The van der Waals surface area contributed by atoms with Crippen LogP contribution in [0.4, 0.5) is 5.69 Å². The van der Waals surface area contributed by atoms with Crippen molar-refractivity contribution < 1.29 is 14.3 Å². The Bertz CT molecular complexity index is 975. The van der Waals surface area contributed by atoms with Gasteiger partial charge in [0.1, 0.15) is 5.75 Å². The number of carbonyl (C=O) groups excluding carboxylic acids is 2. The van der Waals surface area contributed by atoms with Crippen molar-refractivity contribution in [3.05, 3.63) is 72.3 Å². The fourth-order valence-electron chi connectivity index (χ4n) is 3.09. The Kier molecular flexibility index (Phi) is 6.27. The quantitative estimate of drug-likeness (QED) is 0.667. The van der Waals surface area contributed by atoms with Crippen molar-refractivity contribution in [1.82, 2.24) is 4.90 Å². The first-order chi connectivity index (χ1) is 13.6. The maximum atomic E-state index is 12.5. The highest BCUT2D eigenvalue weighted by Gasteiger charge is 2.13. The van der Waals surface area contributed by atoms with Gasteiger partial charge in [0.15, 0.2) is 6.61 Å². The van der Waals surface area contributed by atoms with E-state index in [2.05, 4.69) is 5.32 Å². The maximum Gasteiger partial charge on any atom is 0.262 e. The van der Waals surface area contributed by atoms with Crippen LogP contribution in [0, 0.1) is 0 Å². The fourth-order valence-corrected chi connectivity index (χ4v) is 3.09. The maximum absolute atomic E-state index is 12.5. The number of anilines is 1. The number of hydrogen-bond acceptors (Lipinski definition) is 3. The lowest BCUT2D eigenvalue weighted by Gasteiger charge is -2.19. The van der Waals surface area contributed by atoms with E-state index in [0.717, 1.165) is 10.8 Å². The third-order valence-corrected chi connectivity index (χ3v) is 4.55. The van der Waals surface area contributed by atoms with Crippen molar-refractivity contribution in [1.29, 1.82) is 0 Å². The van der Waals surface area contributed by atoms with Crippen LogP contribution in [0.15, 0.2) is 66.7 Å². The molecule has 0 atom stereocenters. The van der Waals surface area contributed by atoms with Gasteiger partial charge in [-0.15, -0.1) is 0 Å². The van der Waals surface area contributed by atoms with Crippen LogP contribution in [0.2, 0.25) is 0 Å². The second kappa shape index (κ2) is 9.04. The zero-order chi connectivity index (χ0) is 19.9.